The second-order valence-corrected chi connectivity index (χ2v) is 15.3. The number of thiophene rings is 2. The van der Waals surface area contributed by atoms with Gasteiger partial charge in [0.25, 0.3) is 0 Å². The van der Waals surface area contributed by atoms with Gasteiger partial charge in [-0.05, 0) is 113 Å². The molecule has 0 radical (unpaired) electrons. The van der Waals surface area contributed by atoms with Crippen molar-refractivity contribution in [3.8, 4) is 10.4 Å². The maximum atomic E-state index is 13.4. The number of aryl methyl sites for hydroxylation is 2. The van der Waals surface area contributed by atoms with E-state index in [4.69, 9.17) is 4.74 Å². The number of carbonyl (C=O) groups is 1. The smallest absolute Gasteiger partial charge is 0.320 e. The predicted octanol–water partition coefficient (Wildman–Crippen LogP) is 9.28. The van der Waals surface area contributed by atoms with Gasteiger partial charge in [0.1, 0.15) is 16.4 Å². The van der Waals surface area contributed by atoms with E-state index in [9.17, 15) is 4.79 Å². The summed E-state index contributed by atoms with van der Waals surface area (Å²) < 4.78 is 6.19. The lowest BCUT2D eigenvalue weighted by molar-refractivity contribution is 0.0976. The molecular formula is C34H38N4O2S3. The highest BCUT2D eigenvalue weighted by molar-refractivity contribution is 7.99. The maximum absolute atomic E-state index is 13.4. The Kier molecular flexibility index (Phi) is 8.93. The highest BCUT2D eigenvalue weighted by Crippen LogP contribution is 2.43. The molecule has 224 valence electrons. The summed E-state index contributed by atoms with van der Waals surface area (Å²) in [4.78, 5) is 27.8. The molecule has 0 spiro atoms. The summed E-state index contributed by atoms with van der Waals surface area (Å²) in [7, 11) is 0. The van der Waals surface area contributed by atoms with E-state index < -0.39 is 0 Å². The van der Waals surface area contributed by atoms with Crippen LogP contribution in [0.25, 0.3) is 16.2 Å². The van der Waals surface area contributed by atoms with E-state index in [1.807, 2.05) is 62.7 Å². The lowest BCUT2D eigenvalue weighted by Crippen LogP contribution is -2.29. The number of ether oxygens (including phenoxy) is 1. The molecule has 4 aromatic rings. The number of rotatable bonds is 8. The maximum Gasteiger partial charge on any atom is 0.320 e. The Hall–Kier alpha value is -3.14. The van der Waals surface area contributed by atoms with Crippen molar-refractivity contribution in [3.05, 3.63) is 81.3 Å². The molecule has 0 bridgehead atoms. The van der Waals surface area contributed by atoms with Crippen molar-refractivity contribution in [2.24, 2.45) is 0 Å². The number of benzene rings is 1. The first-order valence-electron chi connectivity index (χ1n) is 15.0. The molecule has 3 aromatic heterocycles. The fourth-order valence-corrected chi connectivity index (χ4v) is 9.22. The average molecular weight is 631 g/mol. The third-order valence-corrected chi connectivity index (χ3v) is 11.1. The van der Waals surface area contributed by atoms with Crippen molar-refractivity contribution in [2.75, 3.05) is 5.32 Å². The molecule has 6 nitrogen and oxygen atoms in total. The van der Waals surface area contributed by atoms with E-state index in [0.29, 0.717) is 12.3 Å². The van der Waals surface area contributed by atoms with E-state index in [1.165, 1.54) is 45.7 Å². The highest BCUT2D eigenvalue weighted by Gasteiger charge is 2.27. The van der Waals surface area contributed by atoms with Gasteiger partial charge in [-0.25, -0.2) is 14.8 Å². The standard InChI is InChI=1S/C34H38N4O2S3/c1-21(40-34(2,3)4)29-25-15-9-11-17-28(25)43-31(29)38-32(39)35-20-26-24-14-8-10-16-27(24)42-30(26)22-18-36-33(37-19-22)41-23-12-6-5-7-13-23/h5-7,12-13,18-19H,1,8-11,14-17,20H2,2-4H3,(H2,35,38,39). The van der Waals surface area contributed by atoms with Crippen molar-refractivity contribution in [3.63, 3.8) is 0 Å². The minimum atomic E-state index is -0.364. The summed E-state index contributed by atoms with van der Waals surface area (Å²) in [5.41, 5.74) is 5.45. The number of amides is 2. The molecule has 0 saturated carbocycles. The number of carbonyl (C=O) groups excluding carboxylic acids is 1. The van der Waals surface area contributed by atoms with Crippen LogP contribution in [0, 0.1) is 0 Å². The molecule has 0 atom stereocenters. The van der Waals surface area contributed by atoms with Crippen LogP contribution in [-0.2, 0) is 37.0 Å². The van der Waals surface area contributed by atoms with Gasteiger partial charge in [0.15, 0.2) is 5.16 Å². The van der Waals surface area contributed by atoms with Gasteiger partial charge in [-0.2, -0.15) is 0 Å². The summed E-state index contributed by atoms with van der Waals surface area (Å²) in [6.07, 6.45) is 12.7. The van der Waals surface area contributed by atoms with Crippen LogP contribution < -0.4 is 10.6 Å². The minimum Gasteiger partial charge on any atom is -0.488 e. The predicted molar refractivity (Wildman–Crippen MR) is 179 cm³/mol. The molecule has 2 aliphatic carbocycles. The monoisotopic (exact) mass is 630 g/mol. The van der Waals surface area contributed by atoms with Crippen LogP contribution in [-0.4, -0.2) is 21.6 Å². The summed E-state index contributed by atoms with van der Waals surface area (Å²) in [6.45, 7) is 10.8. The molecule has 2 N–H and O–H groups in total. The number of nitrogens with one attached hydrogen (secondary N) is 2. The Balaban J connectivity index is 1.21. The van der Waals surface area contributed by atoms with Gasteiger partial charge in [0, 0.05) is 44.0 Å². The van der Waals surface area contributed by atoms with E-state index in [0.717, 1.165) is 63.2 Å². The Bertz CT molecular complexity index is 1620. The van der Waals surface area contributed by atoms with Crippen LogP contribution in [0.2, 0.25) is 0 Å². The van der Waals surface area contributed by atoms with Crippen LogP contribution in [0.1, 0.15) is 78.5 Å². The molecule has 2 amide bonds. The van der Waals surface area contributed by atoms with E-state index in [2.05, 4.69) is 39.3 Å². The Morgan fingerprint density at radius 2 is 1.60 bits per heavy atom. The van der Waals surface area contributed by atoms with Crippen LogP contribution in [0.5, 0.6) is 0 Å². The van der Waals surface area contributed by atoms with Gasteiger partial charge in [0.2, 0.25) is 0 Å². The first-order chi connectivity index (χ1) is 20.7. The largest absolute Gasteiger partial charge is 0.488 e. The zero-order valence-corrected chi connectivity index (χ0v) is 27.5. The molecule has 9 heteroatoms. The fourth-order valence-electron chi connectivity index (χ4n) is 5.82. The van der Waals surface area contributed by atoms with Crippen molar-refractivity contribution < 1.29 is 9.53 Å². The summed E-state index contributed by atoms with van der Waals surface area (Å²) in [6, 6.07) is 9.96. The average Bonchev–Trinajstić information content (AvgIpc) is 3.54. The first-order valence-corrected chi connectivity index (χ1v) is 17.5. The molecule has 0 unspecified atom stereocenters. The number of hydrogen-bond donors (Lipinski definition) is 2. The van der Waals surface area contributed by atoms with Gasteiger partial charge < -0.3 is 10.1 Å². The van der Waals surface area contributed by atoms with Crippen LogP contribution in [0.3, 0.4) is 0 Å². The third-order valence-electron chi connectivity index (χ3n) is 7.66. The molecular weight excluding hydrogens is 593 g/mol. The summed E-state index contributed by atoms with van der Waals surface area (Å²) in [5.74, 6) is 0.630. The number of urea groups is 1. The number of aromatic nitrogens is 2. The number of anilines is 1. The van der Waals surface area contributed by atoms with Crippen LogP contribution in [0.15, 0.2) is 59.4 Å². The number of fused-ring (bicyclic) bond motifs is 2. The van der Waals surface area contributed by atoms with Gasteiger partial charge >= 0.3 is 6.03 Å². The molecule has 1 aromatic carbocycles. The van der Waals surface area contributed by atoms with Crippen LogP contribution in [0.4, 0.5) is 9.80 Å². The van der Waals surface area contributed by atoms with Crippen LogP contribution >= 0.6 is 34.4 Å². The van der Waals surface area contributed by atoms with Crippen molar-refractivity contribution in [2.45, 2.75) is 94.3 Å². The van der Waals surface area contributed by atoms with Crippen molar-refractivity contribution in [1.82, 2.24) is 15.3 Å². The lowest BCUT2D eigenvalue weighted by Gasteiger charge is -2.24. The molecule has 0 aliphatic heterocycles. The van der Waals surface area contributed by atoms with E-state index in [-0.39, 0.29) is 11.6 Å². The van der Waals surface area contributed by atoms with Gasteiger partial charge in [0.05, 0.1) is 5.56 Å². The van der Waals surface area contributed by atoms with Crippen molar-refractivity contribution in [1.29, 1.82) is 0 Å². The molecule has 6 rings (SSSR count). The number of hydrogen-bond acceptors (Lipinski definition) is 7. The molecule has 0 saturated heterocycles. The fraction of sp³-hybridized carbons (Fsp3) is 0.382. The zero-order valence-electron chi connectivity index (χ0n) is 25.0. The second kappa shape index (κ2) is 12.8. The van der Waals surface area contributed by atoms with Crippen molar-refractivity contribution >= 4 is 51.2 Å². The van der Waals surface area contributed by atoms with E-state index >= 15 is 0 Å². The zero-order chi connectivity index (χ0) is 30.0. The summed E-state index contributed by atoms with van der Waals surface area (Å²) >= 11 is 5.04. The van der Waals surface area contributed by atoms with E-state index in [1.54, 1.807) is 23.1 Å². The first kappa shape index (κ1) is 29.9. The van der Waals surface area contributed by atoms with Gasteiger partial charge in [-0.3, -0.25) is 5.32 Å². The SMILES string of the molecule is C=C(OC(C)(C)C)c1c(NC(=O)NCc2c(-c3cnc(Sc4ccccc4)nc3)sc3c2CCCC3)sc2c1CCCC2. The Labute approximate surface area is 266 Å². The molecule has 43 heavy (non-hydrogen) atoms. The molecule has 3 heterocycles. The van der Waals surface area contributed by atoms with Gasteiger partial charge in [-0.15, -0.1) is 22.7 Å². The second-order valence-electron chi connectivity index (χ2n) is 12.0. The Morgan fingerprint density at radius 3 is 2.30 bits per heavy atom. The minimum absolute atomic E-state index is 0.212. The topological polar surface area (TPSA) is 76.1 Å². The Morgan fingerprint density at radius 1 is 0.953 bits per heavy atom. The normalized spacial score (nSPS) is 14.5. The summed E-state index contributed by atoms with van der Waals surface area (Å²) in [5, 5.41) is 7.90. The highest BCUT2D eigenvalue weighted by atomic mass is 32.2. The third kappa shape index (κ3) is 7.00. The lowest BCUT2D eigenvalue weighted by atomic mass is 9.94. The molecule has 2 aliphatic rings. The number of nitrogens with zero attached hydrogens (tertiary/aromatic N) is 2. The molecule has 0 fully saturated rings. The van der Waals surface area contributed by atoms with Gasteiger partial charge in [-0.1, -0.05) is 24.8 Å². The quantitative estimate of drug-likeness (QED) is 0.150.